The van der Waals surface area contributed by atoms with E-state index in [0.717, 1.165) is 17.5 Å². The molecule has 2 fully saturated rings. The molecular weight excluding hydrogens is 464 g/mol. The Hall–Kier alpha value is -2.75. The van der Waals surface area contributed by atoms with Gasteiger partial charge >= 0.3 is 6.03 Å². The van der Waals surface area contributed by atoms with Crippen LogP contribution in [0.3, 0.4) is 0 Å². The summed E-state index contributed by atoms with van der Waals surface area (Å²) in [6, 6.07) is 16.0. The van der Waals surface area contributed by atoms with Gasteiger partial charge in [0.2, 0.25) is 10.0 Å². The summed E-state index contributed by atoms with van der Waals surface area (Å²) in [6.45, 7) is 7.75. The summed E-state index contributed by atoms with van der Waals surface area (Å²) in [7, 11) is -3.59. The molecular formula is C26H34N4O4S. The van der Waals surface area contributed by atoms with E-state index in [-0.39, 0.29) is 17.5 Å². The molecule has 35 heavy (non-hydrogen) atoms. The minimum Gasteiger partial charge on any atom is -0.319 e. The topological polar surface area (TPSA) is 90.0 Å². The third-order valence-corrected chi connectivity index (χ3v) is 8.84. The summed E-state index contributed by atoms with van der Waals surface area (Å²) in [5.41, 5.74) is 0.819. The van der Waals surface area contributed by atoms with Crippen LogP contribution in [0.5, 0.6) is 0 Å². The number of imide groups is 1. The van der Waals surface area contributed by atoms with Crippen LogP contribution in [0.1, 0.15) is 50.7 Å². The van der Waals surface area contributed by atoms with Gasteiger partial charge in [0.25, 0.3) is 5.91 Å². The Bertz CT molecular complexity index is 1160. The van der Waals surface area contributed by atoms with Crippen LogP contribution in [0.25, 0.3) is 0 Å². The van der Waals surface area contributed by atoms with Gasteiger partial charge in [-0.2, -0.15) is 4.31 Å². The Kier molecular flexibility index (Phi) is 7.30. The Morgan fingerprint density at radius 1 is 0.943 bits per heavy atom. The van der Waals surface area contributed by atoms with Crippen molar-refractivity contribution in [3.8, 4) is 0 Å². The molecule has 188 valence electrons. The highest BCUT2D eigenvalue weighted by atomic mass is 32.2. The van der Waals surface area contributed by atoms with E-state index in [4.69, 9.17) is 0 Å². The largest absolute Gasteiger partial charge is 0.326 e. The van der Waals surface area contributed by atoms with Crippen molar-refractivity contribution in [2.45, 2.75) is 50.0 Å². The Morgan fingerprint density at radius 3 is 2.14 bits per heavy atom. The average Bonchev–Trinajstić information content (AvgIpc) is 3.10. The van der Waals surface area contributed by atoms with Crippen LogP contribution < -0.4 is 5.32 Å². The van der Waals surface area contributed by atoms with Gasteiger partial charge in [-0.15, -0.1) is 0 Å². The molecule has 2 aromatic rings. The third-order valence-electron chi connectivity index (χ3n) is 6.92. The Labute approximate surface area is 207 Å². The number of urea groups is 1. The zero-order valence-electron chi connectivity index (χ0n) is 20.6. The average molecular weight is 499 g/mol. The molecule has 2 aliphatic rings. The first-order chi connectivity index (χ1) is 16.7. The van der Waals surface area contributed by atoms with Crippen molar-refractivity contribution in [3.05, 3.63) is 65.7 Å². The van der Waals surface area contributed by atoms with E-state index in [2.05, 4.69) is 19.2 Å². The zero-order chi connectivity index (χ0) is 25.2. The minimum atomic E-state index is -3.59. The monoisotopic (exact) mass is 498 g/mol. The molecule has 9 heteroatoms. The number of benzene rings is 2. The fourth-order valence-corrected chi connectivity index (χ4v) is 6.27. The molecule has 2 saturated heterocycles. The van der Waals surface area contributed by atoms with E-state index in [9.17, 15) is 18.0 Å². The number of hydrogen-bond donors (Lipinski definition) is 1. The number of piperazine rings is 1. The molecule has 0 radical (unpaired) electrons. The first kappa shape index (κ1) is 25.3. The van der Waals surface area contributed by atoms with Crippen molar-refractivity contribution in [1.29, 1.82) is 0 Å². The van der Waals surface area contributed by atoms with Gasteiger partial charge in [0, 0.05) is 26.2 Å². The smallest absolute Gasteiger partial charge is 0.319 e. The number of carbonyl (C=O) groups excluding carboxylic acids is 2. The molecule has 0 saturated carbocycles. The summed E-state index contributed by atoms with van der Waals surface area (Å²) in [6.07, 6.45) is 1.25. The maximum absolute atomic E-state index is 13.5. The van der Waals surface area contributed by atoms with Crippen molar-refractivity contribution in [1.82, 2.24) is 19.4 Å². The highest BCUT2D eigenvalue weighted by molar-refractivity contribution is 7.89. The molecule has 1 atom stereocenters. The van der Waals surface area contributed by atoms with Gasteiger partial charge in [0.15, 0.2) is 0 Å². The number of nitrogens with one attached hydrogen (secondary N) is 1. The van der Waals surface area contributed by atoms with E-state index < -0.39 is 21.6 Å². The Morgan fingerprint density at radius 2 is 1.57 bits per heavy atom. The second-order valence-corrected chi connectivity index (χ2v) is 11.5. The van der Waals surface area contributed by atoms with Gasteiger partial charge in [-0.25, -0.2) is 18.1 Å². The molecule has 3 amide bonds. The second-order valence-electron chi connectivity index (χ2n) is 9.57. The molecule has 8 nitrogen and oxygen atoms in total. The molecule has 4 rings (SSSR count). The number of sulfonamides is 1. The minimum absolute atomic E-state index is 0.139. The second kappa shape index (κ2) is 10.1. The number of amides is 3. The molecule has 1 unspecified atom stereocenters. The highest BCUT2D eigenvalue weighted by Gasteiger charge is 2.52. The standard InChI is InChI=1S/C26H34N4O4S/c1-4-14-26(22-8-6-5-7-9-22)24(31)30(25(32)27-26)19-28-15-17-29(18-16-28)35(33,34)23-12-10-21(11-13-23)20(2)3/h5-13,20H,4,14-19H2,1-3H3,(H,27,32). The quantitative estimate of drug-likeness (QED) is 0.564. The van der Waals surface area contributed by atoms with Gasteiger partial charge < -0.3 is 5.32 Å². The van der Waals surface area contributed by atoms with Crippen molar-refractivity contribution in [2.75, 3.05) is 32.8 Å². The fraction of sp³-hybridized carbons (Fsp3) is 0.462. The van der Waals surface area contributed by atoms with E-state index in [1.807, 2.05) is 54.3 Å². The van der Waals surface area contributed by atoms with Gasteiger partial charge in [-0.1, -0.05) is 69.7 Å². The SMILES string of the molecule is CCCC1(c2ccccc2)NC(=O)N(CN2CCN(S(=O)(=O)c3ccc(C(C)C)cc3)CC2)C1=O. The Balaban J connectivity index is 1.42. The van der Waals surface area contributed by atoms with Crippen LogP contribution in [0.2, 0.25) is 0 Å². The van der Waals surface area contributed by atoms with Crippen LogP contribution in [-0.4, -0.2) is 67.3 Å². The van der Waals surface area contributed by atoms with Crippen LogP contribution in [-0.2, 0) is 20.4 Å². The van der Waals surface area contributed by atoms with Crippen molar-refractivity contribution in [3.63, 3.8) is 0 Å². The van der Waals surface area contributed by atoms with E-state index in [1.54, 1.807) is 12.1 Å². The lowest BCUT2D eigenvalue weighted by molar-refractivity contribution is -0.133. The predicted molar refractivity (Wildman–Crippen MR) is 134 cm³/mol. The van der Waals surface area contributed by atoms with Crippen molar-refractivity contribution in [2.24, 2.45) is 0 Å². The van der Waals surface area contributed by atoms with Crippen molar-refractivity contribution >= 4 is 22.0 Å². The highest BCUT2D eigenvalue weighted by Crippen LogP contribution is 2.34. The van der Waals surface area contributed by atoms with Crippen LogP contribution in [0.15, 0.2) is 59.5 Å². The van der Waals surface area contributed by atoms with Gasteiger partial charge in [0.1, 0.15) is 5.54 Å². The van der Waals surface area contributed by atoms with Gasteiger partial charge in [-0.05, 0) is 35.6 Å². The zero-order valence-corrected chi connectivity index (χ0v) is 21.4. The van der Waals surface area contributed by atoms with E-state index in [0.29, 0.717) is 38.5 Å². The molecule has 2 aromatic carbocycles. The predicted octanol–water partition coefficient (Wildman–Crippen LogP) is 3.32. The molecule has 1 N–H and O–H groups in total. The summed E-state index contributed by atoms with van der Waals surface area (Å²) >= 11 is 0. The lowest BCUT2D eigenvalue weighted by Gasteiger charge is -2.35. The van der Waals surface area contributed by atoms with Crippen LogP contribution >= 0.6 is 0 Å². The maximum Gasteiger partial charge on any atom is 0.326 e. The van der Waals surface area contributed by atoms with Crippen LogP contribution in [0, 0.1) is 0 Å². The maximum atomic E-state index is 13.5. The number of nitrogens with zero attached hydrogens (tertiary/aromatic N) is 3. The summed E-state index contributed by atoms with van der Waals surface area (Å²) in [4.78, 5) is 29.9. The molecule has 0 bridgehead atoms. The normalized spacial score (nSPS) is 22.1. The number of hydrogen-bond acceptors (Lipinski definition) is 5. The fourth-order valence-electron chi connectivity index (χ4n) is 4.85. The summed E-state index contributed by atoms with van der Waals surface area (Å²) in [5.74, 6) is 0.0783. The number of rotatable bonds is 8. The molecule has 0 aromatic heterocycles. The lowest BCUT2D eigenvalue weighted by Crippen LogP contribution is -2.52. The molecule has 2 heterocycles. The van der Waals surface area contributed by atoms with E-state index in [1.165, 1.54) is 9.21 Å². The number of carbonyl (C=O) groups is 2. The third kappa shape index (κ3) is 4.85. The molecule has 2 aliphatic heterocycles. The first-order valence-corrected chi connectivity index (χ1v) is 13.6. The molecule has 0 aliphatic carbocycles. The van der Waals surface area contributed by atoms with E-state index >= 15 is 0 Å². The summed E-state index contributed by atoms with van der Waals surface area (Å²) in [5, 5.41) is 2.95. The van der Waals surface area contributed by atoms with Gasteiger partial charge in [-0.3, -0.25) is 9.69 Å². The first-order valence-electron chi connectivity index (χ1n) is 12.2. The summed E-state index contributed by atoms with van der Waals surface area (Å²) < 4.78 is 27.7. The lowest BCUT2D eigenvalue weighted by atomic mass is 9.85. The van der Waals surface area contributed by atoms with Crippen molar-refractivity contribution < 1.29 is 18.0 Å². The molecule has 0 spiro atoms. The van der Waals surface area contributed by atoms with Gasteiger partial charge in [0.05, 0.1) is 11.6 Å². The van der Waals surface area contributed by atoms with Crippen LogP contribution in [0.4, 0.5) is 4.79 Å².